The first-order valence-corrected chi connectivity index (χ1v) is 7.94. The van der Waals surface area contributed by atoms with Gasteiger partial charge in [-0.1, -0.05) is 12.8 Å². The standard InChI is InChI=1S/C13H18BrNO2S/c1-9(11-6-7-12(14)18-11)15-8-4-2-3-5-10(15)13(16)17/h6-7,9-10H,2-5,8H2,1H3,(H,16,17). The van der Waals surface area contributed by atoms with E-state index in [1.54, 1.807) is 11.3 Å². The Kier molecular flexibility index (Phi) is 4.81. The number of likely N-dealkylation sites (tertiary alicyclic amines) is 1. The third-order valence-corrected chi connectivity index (χ3v) is 5.38. The number of hydrogen-bond donors (Lipinski definition) is 1. The van der Waals surface area contributed by atoms with Crippen LogP contribution in [0.4, 0.5) is 0 Å². The zero-order valence-corrected chi connectivity index (χ0v) is 12.8. The third-order valence-electron chi connectivity index (χ3n) is 3.58. The van der Waals surface area contributed by atoms with E-state index >= 15 is 0 Å². The van der Waals surface area contributed by atoms with Gasteiger partial charge in [-0.15, -0.1) is 11.3 Å². The van der Waals surface area contributed by atoms with Gasteiger partial charge in [0.05, 0.1) is 3.79 Å². The summed E-state index contributed by atoms with van der Waals surface area (Å²) in [5, 5.41) is 9.39. The second-order valence-corrected chi connectivity index (χ2v) is 7.25. The zero-order valence-electron chi connectivity index (χ0n) is 10.4. The van der Waals surface area contributed by atoms with Gasteiger partial charge in [0.2, 0.25) is 0 Å². The van der Waals surface area contributed by atoms with Crippen LogP contribution in [0.25, 0.3) is 0 Å². The highest BCUT2D eigenvalue weighted by atomic mass is 79.9. The first-order chi connectivity index (χ1) is 8.59. The van der Waals surface area contributed by atoms with Gasteiger partial charge >= 0.3 is 5.97 Å². The smallest absolute Gasteiger partial charge is 0.320 e. The molecule has 100 valence electrons. The first kappa shape index (κ1) is 14.0. The van der Waals surface area contributed by atoms with Crippen LogP contribution in [0.2, 0.25) is 0 Å². The van der Waals surface area contributed by atoms with E-state index < -0.39 is 5.97 Å². The average molecular weight is 332 g/mol. The fraction of sp³-hybridized carbons (Fsp3) is 0.615. The molecule has 1 aliphatic heterocycles. The molecule has 0 saturated carbocycles. The van der Waals surface area contributed by atoms with Crippen LogP contribution in [-0.2, 0) is 4.79 Å². The van der Waals surface area contributed by atoms with Crippen molar-refractivity contribution in [2.75, 3.05) is 6.54 Å². The normalized spacial score (nSPS) is 23.6. The minimum absolute atomic E-state index is 0.181. The third kappa shape index (κ3) is 3.13. The maximum Gasteiger partial charge on any atom is 0.320 e. The molecule has 1 fully saturated rings. The highest BCUT2D eigenvalue weighted by molar-refractivity contribution is 9.11. The average Bonchev–Trinajstić information content (AvgIpc) is 2.63. The van der Waals surface area contributed by atoms with E-state index in [4.69, 9.17) is 0 Å². The summed E-state index contributed by atoms with van der Waals surface area (Å²) in [5.74, 6) is -0.681. The number of aliphatic carboxylic acids is 1. The van der Waals surface area contributed by atoms with Crippen molar-refractivity contribution in [2.24, 2.45) is 0 Å². The highest BCUT2D eigenvalue weighted by Gasteiger charge is 2.31. The molecule has 1 aromatic rings. The fourth-order valence-electron chi connectivity index (χ4n) is 2.58. The van der Waals surface area contributed by atoms with Crippen LogP contribution < -0.4 is 0 Å². The Bertz CT molecular complexity index is 421. The second-order valence-electron chi connectivity index (χ2n) is 4.76. The SMILES string of the molecule is CC(c1ccc(Br)s1)N1CCCCCC1C(=O)O. The molecule has 5 heteroatoms. The molecule has 1 N–H and O–H groups in total. The highest BCUT2D eigenvalue weighted by Crippen LogP contribution is 2.33. The monoisotopic (exact) mass is 331 g/mol. The lowest BCUT2D eigenvalue weighted by Gasteiger charge is -2.32. The quantitative estimate of drug-likeness (QED) is 0.913. The van der Waals surface area contributed by atoms with Crippen LogP contribution in [0.15, 0.2) is 15.9 Å². The Morgan fingerprint density at radius 2 is 2.28 bits per heavy atom. The number of thiophene rings is 1. The number of halogens is 1. The van der Waals surface area contributed by atoms with Gasteiger partial charge in [0, 0.05) is 10.9 Å². The second kappa shape index (κ2) is 6.17. The molecule has 3 nitrogen and oxygen atoms in total. The van der Waals surface area contributed by atoms with Crippen LogP contribution >= 0.6 is 27.3 Å². The molecule has 2 unspecified atom stereocenters. The number of carboxylic acid groups (broad SMARTS) is 1. The van der Waals surface area contributed by atoms with E-state index in [1.165, 1.54) is 4.88 Å². The van der Waals surface area contributed by atoms with Crippen molar-refractivity contribution in [1.82, 2.24) is 4.90 Å². The van der Waals surface area contributed by atoms with E-state index in [-0.39, 0.29) is 12.1 Å². The Balaban J connectivity index is 2.19. The van der Waals surface area contributed by atoms with Crippen molar-refractivity contribution in [3.05, 3.63) is 20.8 Å². The molecule has 0 aromatic carbocycles. The lowest BCUT2D eigenvalue weighted by Crippen LogP contribution is -2.42. The van der Waals surface area contributed by atoms with Crippen LogP contribution in [-0.4, -0.2) is 28.6 Å². The summed E-state index contributed by atoms with van der Waals surface area (Å²) in [4.78, 5) is 14.8. The molecule has 0 aliphatic carbocycles. The predicted octanol–water partition coefficient (Wildman–Crippen LogP) is 3.90. The van der Waals surface area contributed by atoms with Gasteiger partial charge in [-0.25, -0.2) is 0 Å². The van der Waals surface area contributed by atoms with Crippen molar-refractivity contribution in [2.45, 2.75) is 44.7 Å². The zero-order chi connectivity index (χ0) is 13.1. The minimum Gasteiger partial charge on any atom is -0.480 e. The van der Waals surface area contributed by atoms with Gasteiger partial charge in [0.1, 0.15) is 6.04 Å². The largest absolute Gasteiger partial charge is 0.480 e. The molecule has 0 bridgehead atoms. The van der Waals surface area contributed by atoms with Crippen LogP contribution in [0.3, 0.4) is 0 Å². The number of rotatable bonds is 3. The summed E-state index contributed by atoms with van der Waals surface area (Å²) >= 11 is 5.16. The van der Waals surface area contributed by atoms with E-state index in [0.29, 0.717) is 0 Å². The van der Waals surface area contributed by atoms with Gasteiger partial charge in [-0.2, -0.15) is 0 Å². The Morgan fingerprint density at radius 3 is 2.89 bits per heavy atom. The lowest BCUT2D eigenvalue weighted by molar-refractivity contribution is -0.144. The maximum atomic E-state index is 11.4. The molecule has 1 aliphatic rings. The molecule has 18 heavy (non-hydrogen) atoms. The van der Waals surface area contributed by atoms with Gasteiger partial charge in [-0.05, 0) is 54.4 Å². The van der Waals surface area contributed by atoms with E-state index in [1.807, 2.05) is 6.07 Å². The summed E-state index contributed by atoms with van der Waals surface area (Å²) in [7, 11) is 0. The molecule has 2 atom stereocenters. The van der Waals surface area contributed by atoms with Crippen molar-refractivity contribution in [1.29, 1.82) is 0 Å². The van der Waals surface area contributed by atoms with Crippen LogP contribution in [0.1, 0.15) is 43.5 Å². The molecule has 1 aromatic heterocycles. The Labute approximate surface area is 120 Å². The number of hydrogen-bond acceptors (Lipinski definition) is 3. The summed E-state index contributed by atoms with van der Waals surface area (Å²) < 4.78 is 1.10. The van der Waals surface area contributed by atoms with Gasteiger partial charge in [0.15, 0.2) is 0 Å². The van der Waals surface area contributed by atoms with Gasteiger partial charge in [0.25, 0.3) is 0 Å². The fourth-order valence-corrected chi connectivity index (χ4v) is 4.07. The molecule has 0 radical (unpaired) electrons. The molecular weight excluding hydrogens is 314 g/mol. The number of carboxylic acids is 1. The summed E-state index contributed by atoms with van der Waals surface area (Å²) in [6.07, 6.45) is 4.03. The number of nitrogens with zero attached hydrogens (tertiary/aromatic N) is 1. The van der Waals surface area contributed by atoms with Crippen molar-refractivity contribution < 1.29 is 9.90 Å². The summed E-state index contributed by atoms with van der Waals surface area (Å²) in [6.45, 7) is 2.99. The molecule has 2 heterocycles. The van der Waals surface area contributed by atoms with Crippen molar-refractivity contribution in [3.8, 4) is 0 Å². The Morgan fingerprint density at radius 1 is 1.50 bits per heavy atom. The summed E-state index contributed by atoms with van der Waals surface area (Å²) in [6, 6.07) is 3.97. The first-order valence-electron chi connectivity index (χ1n) is 6.33. The molecule has 2 rings (SSSR count). The molecular formula is C13H18BrNO2S. The van der Waals surface area contributed by atoms with Crippen LogP contribution in [0, 0.1) is 0 Å². The van der Waals surface area contributed by atoms with Crippen molar-refractivity contribution in [3.63, 3.8) is 0 Å². The van der Waals surface area contributed by atoms with E-state index in [9.17, 15) is 9.90 Å². The maximum absolute atomic E-state index is 11.4. The predicted molar refractivity (Wildman–Crippen MR) is 77.0 cm³/mol. The lowest BCUT2D eigenvalue weighted by atomic mass is 10.1. The number of carbonyl (C=O) groups is 1. The minimum atomic E-state index is -0.681. The summed E-state index contributed by atoms with van der Waals surface area (Å²) in [5.41, 5.74) is 0. The Hall–Kier alpha value is -0.390. The van der Waals surface area contributed by atoms with E-state index in [0.717, 1.165) is 36.0 Å². The van der Waals surface area contributed by atoms with E-state index in [2.05, 4.69) is 33.8 Å². The van der Waals surface area contributed by atoms with Gasteiger partial charge < -0.3 is 5.11 Å². The van der Waals surface area contributed by atoms with Crippen LogP contribution in [0.5, 0.6) is 0 Å². The topological polar surface area (TPSA) is 40.5 Å². The van der Waals surface area contributed by atoms with Gasteiger partial charge in [-0.3, -0.25) is 9.69 Å². The molecule has 0 spiro atoms. The van der Waals surface area contributed by atoms with Crippen molar-refractivity contribution >= 4 is 33.2 Å². The molecule has 0 amide bonds. The molecule has 1 saturated heterocycles.